The smallest absolute Gasteiger partial charge is 0.303 e. The number of rotatable bonds is 9. The molecule has 6 N–H and O–H groups in total. The van der Waals surface area contributed by atoms with Crippen molar-refractivity contribution in [3.63, 3.8) is 0 Å². The van der Waals surface area contributed by atoms with Crippen molar-refractivity contribution < 1.29 is 35.1 Å². The predicted molar refractivity (Wildman–Crippen MR) is 80.3 cm³/mol. The lowest BCUT2D eigenvalue weighted by Crippen LogP contribution is -2.30. The van der Waals surface area contributed by atoms with Gasteiger partial charge in [-0.2, -0.15) is 0 Å². The minimum absolute atomic E-state index is 0.0265. The molecule has 0 saturated heterocycles. The van der Waals surface area contributed by atoms with Gasteiger partial charge in [-0.3, -0.25) is 9.59 Å². The van der Waals surface area contributed by atoms with Gasteiger partial charge < -0.3 is 30.8 Å². The van der Waals surface area contributed by atoms with Crippen LogP contribution in [0, 0.1) is 0 Å². The summed E-state index contributed by atoms with van der Waals surface area (Å²) in [6.45, 7) is 0. The van der Waals surface area contributed by atoms with Gasteiger partial charge in [0.05, 0.1) is 0 Å². The number of carbonyl (C=O) groups is 2. The van der Waals surface area contributed by atoms with E-state index in [9.17, 15) is 14.7 Å². The van der Waals surface area contributed by atoms with Crippen LogP contribution in [-0.2, 0) is 16.0 Å². The Bertz CT molecular complexity index is 539. The first kappa shape index (κ1) is 19.0. The first-order chi connectivity index (χ1) is 10.7. The number of aryl methyl sites for hydroxylation is 1. The fourth-order valence-corrected chi connectivity index (χ4v) is 1.98. The topological polar surface area (TPSA) is 147 Å². The molecule has 1 aromatic rings. The van der Waals surface area contributed by atoms with Crippen molar-refractivity contribution in [3.8, 4) is 0 Å². The van der Waals surface area contributed by atoms with Gasteiger partial charge in [-0.15, -0.1) is 0 Å². The first-order valence-electron chi connectivity index (χ1n) is 7.15. The molecule has 1 aromatic carbocycles. The molecular formula is C15H21NO7. The van der Waals surface area contributed by atoms with Gasteiger partial charge in [-0.1, -0.05) is 18.2 Å². The number of carbonyl (C=O) groups excluding carboxylic acids is 1. The number of hydrogen-bond acceptors (Lipinski definition) is 6. The summed E-state index contributed by atoms with van der Waals surface area (Å²) in [6.07, 6.45) is -1.66. The van der Waals surface area contributed by atoms with Crippen LogP contribution in [0.15, 0.2) is 24.3 Å². The highest BCUT2D eigenvalue weighted by Gasteiger charge is 2.21. The second-order valence-corrected chi connectivity index (χ2v) is 5.22. The number of aliphatic hydroxyl groups is 4. The summed E-state index contributed by atoms with van der Waals surface area (Å²) in [5.41, 5.74) is 1.05. The Labute approximate surface area is 133 Å². The van der Waals surface area contributed by atoms with Gasteiger partial charge in [0.2, 0.25) is 0 Å². The van der Waals surface area contributed by atoms with E-state index in [0.29, 0.717) is 11.3 Å². The second-order valence-electron chi connectivity index (χ2n) is 5.22. The molecule has 0 bridgehead atoms. The number of benzene rings is 1. The molecule has 1 atom stereocenters. The summed E-state index contributed by atoms with van der Waals surface area (Å²) in [5.74, 6) is -4.46. The zero-order valence-electron chi connectivity index (χ0n) is 12.5. The zero-order valence-corrected chi connectivity index (χ0v) is 12.5. The van der Waals surface area contributed by atoms with Crippen LogP contribution in [0.3, 0.4) is 0 Å². The van der Waals surface area contributed by atoms with Crippen molar-refractivity contribution >= 4 is 17.6 Å². The van der Waals surface area contributed by atoms with Gasteiger partial charge in [-0.25, -0.2) is 0 Å². The average Bonchev–Trinajstić information content (AvgIpc) is 2.44. The predicted octanol–water partition coefficient (Wildman–Crippen LogP) is -0.196. The highest BCUT2D eigenvalue weighted by molar-refractivity contribution is 5.94. The molecule has 128 valence electrons. The van der Waals surface area contributed by atoms with E-state index in [-0.39, 0.29) is 25.7 Å². The van der Waals surface area contributed by atoms with Crippen LogP contribution < -0.4 is 5.32 Å². The Hall–Kier alpha value is -2.00. The molecule has 1 rings (SSSR count). The van der Waals surface area contributed by atoms with Gasteiger partial charge >= 0.3 is 5.97 Å². The molecule has 0 aliphatic carbocycles. The Kier molecular flexibility index (Phi) is 7.11. The van der Waals surface area contributed by atoms with Crippen molar-refractivity contribution in [3.05, 3.63) is 29.8 Å². The summed E-state index contributed by atoms with van der Waals surface area (Å²) in [7, 11) is 0. The van der Waals surface area contributed by atoms with Crippen LogP contribution >= 0.6 is 0 Å². The number of nitrogens with one attached hydrogen (secondary N) is 1. The molecule has 0 aliphatic rings. The summed E-state index contributed by atoms with van der Waals surface area (Å²) in [6, 6.07) is 6.67. The van der Waals surface area contributed by atoms with Crippen LogP contribution in [0.1, 0.15) is 31.2 Å². The average molecular weight is 327 g/mol. The van der Waals surface area contributed by atoms with Gasteiger partial charge in [0.25, 0.3) is 11.9 Å². The molecule has 0 aromatic heterocycles. The summed E-state index contributed by atoms with van der Waals surface area (Å²) >= 11 is 0. The molecule has 0 aliphatic heterocycles. The lowest BCUT2D eigenvalue weighted by molar-refractivity contribution is -0.315. The van der Waals surface area contributed by atoms with E-state index in [0.717, 1.165) is 0 Å². The fourth-order valence-electron chi connectivity index (χ4n) is 1.98. The number of para-hydroxylation sites is 1. The molecule has 0 radical (unpaired) electrons. The van der Waals surface area contributed by atoms with Gasteiger partial charge in [0, 0.05) is 18.5 Å². The highest BCUT2D eigenvalue weighted by Crippen LogP contribution is 2.18. The Morgan fingerprint density at radius 3 is 2.43 bits per heavy atom. The SMILES string of the molecule is O=C(O)CCc1ccccc1NC(=O)C(O)CCCC(O)(O)O. The van der Waals surface area contributed by atoms with E-state index in [1.807, 2.05) is 0 Å². The number of aliphatic carboxylic acids is 1. The van der Waals surface area contributed by atoms with Crippen molar-refractivity contribution in [2.75, 3.05) is 5.32 Å². The van der Waals surface area contributed by atoms with Crippen LogP contribution in [-0.4, -0.2) is 49.5 Å². The number of anilines is 1. The van der Waals surface area contributed by atoms with Crippen molar-refractivity contribution in [1.82, 2.24) is 0 Å². The van der Waals surface area contributed by atoms with Gasteiger partial charge in [0.15, 0.2) is 0 Å². The summed E-state index contributed by atoms with van der Waals surface area (Å²) in [4.78, 5) is 22.5. The maximum absolute atomic E-state index is 11.9. The minimum Gasteiger partial charge on any atom is -0.481 e. The van der Waals surface area contributed by atoms with Gasteiger partial charge in [-0.05, 0) is 30.9 Å². The largest absolute Gasteiger partial charge is 0.481 e. The molecule has 0 heterocycles. The minimum atomic E-state index is -2.82. The normalized spacial score (nSPS) is 12.7. The van der Waals surface area contributed by atoms with Crippen LogP contribution in [0.4, 0.5) is 5.69 Å². The van der Waals surface area contributed by atoms with E-state index >= 15 is 0 Å². The number of amides is 1. The maximum Gasteiger partial charge on any atom is 0.303 e. The quantitative estimate of drug-likeness (QED) is 0.344. The number of carboxylic acids is 1. The molecule has 1 amide bonds. The van der Waals surface area contributed by atoms with Crippen molar-refractivity contribution in [1.29, 1.82) is 0 Å². The number of aliphatic hydroxyl groups excluding tert-OH is 1. The maximum atomic E-state index is 11.9. The molecule has 0 spiro atoms. The monoisotopic (exact) mass is 327 g/mol. The van der Waals surface area contributed by atoms with E-state index < -0.39 is 30.4 Å². The second kappa shape index (κ2) is 8.59. The van der Waals surface area contributed by atoms with Crippen LogP contribution in [0.5, 0.6) is 0 Å². The Morgan fingerprint density at radius 1 is 1.17 bits per heavy atom. The molecule has 23 heavy (non-hydrogen) atoms. The van der Waals surface area contributed by atoms with E-state index in [2.05, 4.69) is 5.32 Å². The molecule has 8 heteroatoms. The molecule has 1 unspecified atom stereocenters. The number of carboxylic acid groups (broad SMARTS) is 1. The zero-order chi connectivity index (χ0) is 17.5. The van der Waals surface area contributed by atoms with Crippen molar-refractivity contribution in [2.24, 2.45) is 0 Å². The Morgan fingerprint density at radius 2 is 1.83 bits per heavy atom. The fraction of sp³-hybridized carbons (Fsp3) is 0.467. The van der Waals surface area contributed by atoms with Crippen molar-refractivity contribution in [2.45, 2.75) is 44.2 Å². The Balaban J connectivity index is 2.57. The molecule has 0 fully saturated rings. The molecule has 8 nitrogen and oxygen atoms in total. The summed E-state index contributed by atoms with van der Waals surface area (Å²) in [5, 5.41) is 47.1. The lowest BCUT2D eigenvalue weighted by atomic mass is 10.1. The van der Waals surface area contributed by atoms with Gasteiger partial charge in [0.1, 0.15) is 6.10 Å². The third kappa shape index (κ3) is 7.71. The summed E-state index contributed by atoms with van der Waals surface area (Å²) < 4.78 is 0. The molecule has 0 saturated carbocycles. The standard InChI is InChI=1S/C15H21NO7/c17-12(6-3-9-15(21,22)23)14(20)16-11-5-2-1-4-10(11)7-8-13(18)19/h1-2,4-5,12,17,21-23H,3,6-9H2,(H,16,20)(H,18,19). The van der Waals surface area contributed by atoms with Crippen LogP contribution in [0.25, 0.3) is 0 Å². The first-order valence-corrected chi connectivity index (χ1v) is 7.15. The van der Waals surface area contributed by atoms with E-state index in [4.69, 9.17) is 20.4 Å². The van der Waals surface area contributed by atoms with E-state index in [1.54, 1.807) is 24.3 Å². The lowest BCUT2D eigenvalue weighted by Gasteiger charge is -2.16. The third-order valence-electron chi connectivity index (χ3n) is 3.18. The third-order valence-corrected chi connectivity index (χ3v) is 3.18. The molecular weight excluding hydrogens is 306 g/mol. The number of hydrogen-bond donors (Lipinski definition) is 6. The highest BCUT2D eigenvalue weighted by atomic mass is 16.7. The van der Waals surface area contributed by atoms with Crippen LogP contribution in [0.2, 0.25) is 0 Å². The van der Waals surface area contributed by atoms with E-state index in [1.165, 1.54) is 0 Å².